The standard InChI is InChI=1S/C24H25F2N7OS/c1-12-21(35-15-7-13-10-30-31-22(13)18(26)8-15)9-20(32(12)2)24(34)29-11-16-17(25)5-6-19(27)23(16)33(28)14-3-4-14/h5-10,14H,3-4,11,27-28H2,1-2H3,(H,29,34)(H,30,31). The van der Waals surface area contributed by atoms with Gasteiger partial charge in [-0.15, -0.1) is 0 Å². The minimum absolute atomic E-state index is 0.0689. The summed E-state index contributed by atoms with van der Waals surface area (Å²) in [7, 11) is 1.77. The smallest absolute Gasteiger partial charge is 0.268 e. The fourth-order valence-corrected chi connectivity index (χ4v) is 5.12. The van der Waals surface area contributed by atoms with E-state index < -0.39 is 11.6 Å². The Kier molecular flexibility index (Phi) is 5.89. The largest absolute Gasteiger partial charge is 0.397 e. The number of hydrogen-bond donors (Lipinski definition) is 4. The maximum atomic E-state index is 14.7. The number of aromatic nitrogens is 3. The Bertz CT molecular complexity index is 1440. The summed E-state index contributed by atoms with van der Waals surface area (Å²) in [5.74, 6) is 4.93. The third-order valence-electron chi connectivity index (χ3n) is 6.30. The molecule has 4 aromatic rings. The molecule has 182 valence electrons. The second-order valence-corrected chi connectivity index (χ2v) is 9.78. The van der Waals surface area contributed by atoms with Gasteiger partial charge in [0.25, 0.3) is 5.91 Å². The maximum Gasteiger partial charge on any atom is 0.268 e. The van der Waals surface area contributed by atoms with Gasteiger partial charge in [0.1, 0.15) is 22.8 Å². The minimum Gasteiger partial charge on any atom is -0.397 e. The van der Waals surface area contributed by atoms with Crippen LogP contribution in [0, 0.1) is 18.6 Å². The summed E-state index contributed by atoms with van der Waals surface area (Å²) in [5.41, 5.74) is 8.69. The fraction of sp³-hybridized carbons (Fsp3) is 0.250. The van der Waals surface area contributed by atoms with E-state index >= 15 is 0 Å². The van der Waals surface area contributed by atoms with Crippen molar-refractivity contribution < 1.29 is 13.6 Å². The van der Waals surface area contributed by atoms with Gasteiger partial charge in [-0.2, -0.15) is 5.10 Å². The normalized spacial score (nSPS) is 13.4. The Labute approximate surface area is 204 Å². The van der Waals surface area contributed by atoms with Crippen LogP contribution in [0.5, 0.6) is 0 Å². The molecule has 2 heterocycles. The number of fused-ring (bicyclic) bond motifs is 1. The Hall–Kier alpha value is -3.57. The Morgan fingerprint density at radius 3 is 2.80 bits per heavy atom. The average molecular weight is 498 g/mol. The molecule has 0 saturated heterocycles. The first-order valence-corrected chi connectivity index (χ1v) is 11.9. The Morgan fingerprint density at radius 1 is 1.29 bits per heavy atom. The van der Waals surface area contributed by atoms with Crippen LogP contribution in [0.3, 0.4) is 0 Å². The second-order valence-electron chi connectivity index (χ2n) is 8.66. The summed E-state index contributed by atoms with van der Waals surface area (Å²) in [6.45, 7) is 1.81. The first-order valence-electron chi connectivity index (χ1n) is 11.1. The van der Waals surface area contributed by atoms with Gasteiger partial charge in [-0.1, -0.05) is 11.8 Å². The average Bonchev–Trinajstić information content (AvgIpc) is 3.51. The lowest BCUT2D eigenvalue weighted by molar-refractivity contribution is 0.0942. The number of nitrogens with zero attached hydrogens (tertiary/aromatic N) is 3. The molecule has 0 radical (unpaired) electrons. The third kappa shape index (κ3) is 4.32. The van der Waals surface area contributed by atoms with E-state index in [2.05, 4.69) is 15.5 Å². The number of nitrogens with one attached hydrogen (secondary N) is 2. The van der Waals surface area contributed by atoms with E-state index in [1.807, 2.05) is 13.0 Å². The van der Waals surface area contributed by atoms with Crippen molar-refractivity contribution >= 4 is 39.9 Å². The van der Waals surface area contributed by atoms with E-state index in [4.69, 9.17) is 11.6 Å². The summed E-state index contributed by atoms with van der Waals surface area (Å²) in [6, 6.07) is 7.88. The number of carbonyl (C=O) groups is 1. The molecule has 2 aromatic carbocycles. The van der Waals surface area contributed by atoms with Gasteiger partial charge in [-0.3, -0.25) is 9.89 Å². The predicted molar refractivity (Wildman–Crippen MR) is 132 cm³/mol. The quantitative estimate of drug-likeness (QED) is 0.174. The number of hydrazine groups is 1. The zero-order valence-electron chi connectivity index (χ0n) is 19.2. The number of amides is 1. The molecule has 0 bridgehead atoms. The molecule has 1 fully saturated rings. The van der Waals surface area contributed by atoms with Crippen LogP contribution in [0.2, 0.25) is 0 Å². The third-order valence-corrected chi connectivity index (χ3v) is 7.41. The van der Waals surface area contributed by atoms with Gasteiger partial charge >= 0.3 is 0 Å². The van der Waals surface area contributed by atoms with E-state index in [9.17, 15) is 13.6 Å². The van der Waals surface area contributed by atoms with Crippen LogP contribution in [0.15, 0.2) is 46.3 Å². The number of carbonyl (C=O) groups excluding carboxylic acids is 1. The Balaban J connectivity index is 1.36. The van der Waals surface area contributed by atoms with Crippen molar-refractivity contribution in [1.82, 2.24) is 20.1 Å². The molecule has 0 aliphatic heterocycles. The van der Waals surface area contributed by atoms with Crippen LogP contribution in [0.1, 0.15) is 34.6 Å². The zero-order chi connectivity index (χ0) is 24.9. The predicted octanol–water partition coefficient (Wildman–Crippen LogP) is 3.99. The van der Waals surface area contributed by atoms with E-state index in [0.717, 1.165) is 23.4 Å². The van der Waals surface area contributed by atoms with Crippen LogP contribution in [0.25, 0.3) is 10.9 Å². The number of nitrogen functional groups attached to an aromatic ring is 1. The molecular weight excluding hydrogens is 472 g/mol. The molecule has 1 aliphatic carbocycles. The molecule has 35 heavy (non-hydrogen) atoms. The molecule has 0 unspecified atom stereocenters. The summed E-state index contributed by atoms with van der Waals surface area (Å²) < 4.78 is 30.8. The van der Waals surface area contributed by atoms with Crippen molar-refractivity contribution in [2.24, 2.45) is 12.9 Å². The molecule has 1 aliphatic rings. The highest BCUT2D eigenvalue weighted by atomic mass is 32.2. The van der Waals surface area contributed by atoms with Crippen LogP contribution in [-0.4, -0.2) is 26.7 Å². The molecular formula is C24H25F2N7OS. The van der Waals surface area contributed by atoms with Crippen molar-refractivity contribution in [3.05, 3.63) is 65.1 Å². The highest BCUT2D eigenvalue weighted by Crippen LogP contribution is 2.37. The van der Waals surface area contributed by atoms with Gasteiger partial charge in [-0.25, -0.2) is 14.6 Å². The van der Waals surface area contributed by atoms with Crippen molar-refractivity contribution in [2.45, 2.75) is 42.1 Å². The Morgan fingerprint density at radius 2 is 2.06 bits per heavy atom. The van der Waals surface area contributed by atoms with Crippen LogP contribution in [-0.2, 0) is 13.6 Å². The first-order chi connectivity index (χ1) is 16.7. The molecule has 6 N–H and O–H groups in total. The molecule has 0 atom stereocenters. The molecule has 0 spiro atoms. The zero-order valence-corrected chi connectivity index (χ0v) is 20.0. The molecule has 11 heteroatoms. The first kappa shape index (κ1) is 23.2. The number of benzene rings is 2. The topological polar surface area (TPSA) is 118 Å². The van der Waals surface area contributed by atoms with Gasteiger partial charge in [0, 0.05) is 46.1 Å². The monoisotopic (exact) mass is 497 g/mol. The number of anilines is 2. The van der Waals surface area contributed by atoms with E-state index in [0.29, 0.717) is 32.9 Å². The molecule has 8 nitrogen and oxygen atoms in total. The number of rotatable bonds is 7. The SMILES string of the molecule is Cc1c(Sc2cc(F)c3[nH]ncc3c2)cc(C(=O)NCc2c(F)ccc(N)c2N(N)C2CC2)n1C. The number of H-pyrrole nitrogens is 1. The minimum atomic E-state index is -0.485. The van der Waals surface area contributed by atoms with E-state index in [-0.39, 0.29) is 24.1 Å². The lowest BCUT2D eigenvalue weighted by Gasteiger charge is -2.24. The van der Waals surface area contributed by atoms with Crippen molar-refractivity contribution in [3.8, 4) is 0 Å². The van der Waals surface area contributed by atoms with E-state index in [1.54, 1.807) is 23.9 Å². The molecule has 1 saturated carbocycles. The maximum absolute atomic E-state index is 14.7. The summed E-state index contributed by atoms with van der Waals surface area (Å²) in [5, 5.41) is 11.5. The fourth-order valence-electron chi connectivity index (χ4n) is 4.06. The van der Waals surface area contributed by atoms with Crippen molar-refractivity contribution in [3.63, 3.8) is 0 Å². The number of hydrogen-bond acceptors (Lipinski definition) is 6. The lowest BCUT2D eigenvalue weighted by atomic mass is 10.1. The number of halogens is 2. The summed E-state index contributed by atoms with van der Waals surface area (Å²) in [6.07, 6.45) is 3.39. The van der Waals surface area contributed by atoms with Gasteiger partial charge < -0.3 is 20.6 Å². The van der Waals surface area contributed by atoms with Crippen LogP contribution < -0.4 is 21.9 Å². The van der Waals surface area contributed by atoms with Gasteiger partial charge in [0.2, 0.25) is 0 Å². The highest BCUT2D eigenvalue weighted by molar-refractivity contribution is 7.99. The van der Waals surface area contributed by atoms with Crippen molar-refractivity contribution in [2.75, 3.05) is 10.7 Å². The van der Waals surface area contributed by atoms with E-state index in [1.165, 1.54) is 35.0 Å². The van der Waals surface area contributed by atoms with Gasteiger partial charge in [0.05, 0.1) is 17.6 Å². The van der Waals surface area contributed by atoms with Crippen molar-refractivity contribution in [1.29, 1.82) is 0 Å². The van der Waals surface area contributed by atoms with Gasteiger partial charge in [-0.05, 0) is 50.1 Å². The van der Waals surface area contributed by atoms with Gasteiger partial charge in [0.15, 0.2) is 0 Å². The summed E-state index contributed by atoms with van der Waals surface area (Å²) in [4.78, 5) is 14.6. The second kappa shape index (κ2) is 8.90. The molecule has 5 rings (SSSR count). The number of nitrogens with two attached hydrogens (primary N) is 2. The van der Waals surface area contributed by atoms with Crippen LogP contribution in [0.4, 0.5) is 20.2 Å². The molecule has 2 aromatic heterocycles. The highest BCUT2D eigenvalue weighted by Gasteiger charge is 2.31. The summed E-state index contributed by atoms with van der Waals surface area (Å²) >= 11 is 1.35. The number of aromatic amines is 1. The lowest BCUT2D eigenvalue weighted by Crippen LogP contribution is -2.36. The molecule has 1 amide bonds. The van der Waals surface area contributed by atoms with Crippen LogP contribution >= 0.6 is 11.8 Å².